The fourth-order valence-electron chi connectivity index (χ4n) is 1.31. The lowest BCUT2D eigenvalue weighted by molar-refractivity contribution is -0.144. The molecule has 1 rings (SSSR count). The molecule has 1 unspecified atom stereocenters. The first-order valence-corrected chi connectivity index (χ1v) is 5.14. The number of ether oxygens (including phenoxy) is 1. The maximum Gasteiger partial charge on any atom is 0.344 e. The van der Waals surface area contributed by atoms with E-state index in [2.05, 4.69) is 5.92 Å². The lowest BCUT2D eigenvalue weighted by Gasteiger charge is -2.18. The minimum atomic E-state index is -3.17. The summed E-state index contributed by atoms with van der Waals surface area (Å²) in [6.07, 6.45) is 3.91. The lowest BCUT2D eigenvalue weighted by Crippen LogP contribution is -2.24. The standard InChI is InChI=1S/C13H12F2O3/c1-4-9-5-6-11(18-8(2)12(16)17)10(7-9)13(3,14)15/h1,5-8H,2-3H3,(H,16,17). The second-order valence-electron chi connectivity index (χ2n) is 3.84. The van der Waals surface area contributed by atoms with E-state index in [-0.39, 0.29) is 11.3 Å². The average molecular weight is 254 g/mol. The van der Waals surface area contributed by atoms with Crippen LogP contribution < -0.4 is 4.74 Å². The van der Waals surface area contributed by atoms with Crippen LogP contribution in [0.3, 0.4) is 0 Å². The van der Waals surface area contributed by atoms with E-state index < -0.39 is 23.6 Å². The molecule has 5 heteroatoms. The van der Waals surface area contributed by atoms with Crippen LogP contribution in [0.15, 0.2) is 18.2 Å². The van der Waals surface area contributed by atoms with Crippen LogP contribution in [0, 0.1) is 12.3 Å². The molecule has 0 aliphatic carbocycles. The van der Waals surface area contributed by atoms with Crippen LogP contribution in [0.4, 0.5) is 8.78 Å². The molecule has 0 spiro atoms. The summed E-state index contributed by atoms with van der Waals surface area (Å²) in [7, 11) is 0. The molecule has 0 aromatic heterocycles. The number of hydrogen-bond acceptors (Lipinski definition) is 2. The highest BCUT2D eigenvalue weighted by Crippen LogP contribution is 2.35. The van der Waals surface area contributed by atoms with Gasteiger partial charge in [0.2, 0.25) is 0 Å². The van der Waals surface area contributed by atoms with Gasteiger partial charge in [-0.2, -0.15) is 0 Å². The highest BCUT2D eigenvalue weighted by molar-refractivity contribution is 5.72. The van der Waals surface area contributed by atoms with Crippen molar-refractivity contribution in [3.63, 3.8) is 0 Å². The van der Waals surface area contributed by atoms with Gasteiger partial charge in [0.15, 0.2) is 6.10 Å². The Morgan fingerprint density at radius 3 is 2.61 bits per heavy atom. The highest BCUT2D eigenvalue weighted by Gasteiger charge is 2.30. The molecule has 0 aliphatic heterocycles. The number of alkyl halides is 2. The van der Waals surface area contributed by atoms with Gasteiger partial charge in [0.25, 0.3) is 5.92 Å². The summed E-state index contributed by atoms with van der Waals surface area (Å²) in [6, 6.07) is 3.78. The van der Waals surface area contributed by atoms with Gasteiger partial charge in [-0.3, -0.25) is 0 Å². The number of carboxylic acids is 1. The first kappa shape index (κ1) is 14.0. The number of carbonyl (C=O) groups is 1. The summed E-state index contributed by atoms with van der Waals surface area (Å²) >= 11 is 0. The maximum absolute atomic E-state index is 13.4. The van der Waals surface area contributed by atoms with Crippen LogP contribution >= 0.6 is 0 Å². The Morgan fingerprint density at radius 1 is 1.56 bits per heavy atom. The van der Waals surface area contributed by atoms with E-state index in [1.165, 1.54) is 19.1 Å². The predicted octanol–water partition coefficient (Wildman–Crippen LogP) is 2.63. The molecular weight excluding hydrogens is 242 g/mol. The topological polar surface area (TPSA) is 46.5 Å². The first-order chi connectivity index (χ1) is 8.25. The van der Waals surface area contributed by atoms with E-state index in [0.717, 1.165) is 6.07 Å². The van der Waals surface area contributed by atoms with Crippen LogP contribution in [-0.4, -0.2) is 17.2 Å². The van der Waals surface area contributed by atoms with Gasteiger partial charge in [-0.25, -0.2) is 13.6 Å². The molecule has 1 atom stereocenters. The summed E-state index contributed by atoms with van der Waals surface area (Å²) < 4.78 is 31.8. The minimum absolute atomic E-state index is 0.184. The van der Waals surface area contributed by atoms with Gasteiger partial charge >= 0.3 is 5.97 Å². The minimum Gasteiger partial charge on any atom is -0.479 e. The number of hydrogen-bond donors (Lipinski definition) is 1. The summed E-state index contributed by atoms with van der Waals surface area (Å²) in [4.78, 5) is 10.6. The van der Waals surface area contributed by atoms with Gasteiger partial charge in [0, 0.05) is 12.5 Å². The maximum atomic E-state index is 13.4. The molecule has 0 saturated carbocycles. The number of halogens is 2. The number of terminal acetylenes is 1. The zero-order chi connectivity index (χ0) is 13.9. The number of aliphatic carboxylic acids is 1. The summed E-state index contributed by atoms with van der Waals surface area (Å²) in [5, 5.41) is 8.69. The van der Waals surface area contributed by atoms with Crippen molar-refractivity contribution in [1.82, 2.24) is 0 Å². The Kier molecular flexibility index (Phi) is 3.92. The third kappa shape index (κ3) is 3.20. The van der Waals surface area contributed by atoms with Crippen LogP contribution in [0.2, 0.25) is 0 Å². The van der Waals surface area contributed by atoms with Crippen LogP contribution in [-0.2, 0) is 10.7 Å². The summed E-state index contributed by atoms with van der Waals surface area (Å²) in [5.74, 6) is -2.35. The number of benzene rings is 1. The monoisotopic (exact) mass is 254 g/mol. The van der Waals surface area contributed by atoms with Crippen molar-refractivity contribution >= 4 is 5.97 Å². The van der Waals surface area contributed by atoms with E-state index in [1.807, 2.05) is 0 Å². The van der Waals surface area contributed by atoms with Crippen molar-refractivity contribution in [1.29, 1.82) is 0 Å². The van der Waals surface area contributed by atoms with Gasteiger partial charge in [-0.15, -0.1) is 6.42 Å². The molecule has 0 heterocycles. The van der Waals surface area contributed by atoms with E-state index in [0.29, 0.717) is 6.92 Å². The van der Waals surface area contributed by atoms with E-state index >= 15 is 0 Å². The van der Waals surface area contributed by atoms with Crippen LogP contribution in [0.25, 0.3) is 0 Å². The van der Waals surface area contributed by atoms with Crippen molar-refractivity contribution < 1.29 is 23.4 Å². The Bertz CT molecular complexity index is 498. The van der Waals surface area contributed by atoms with Gasteiger partial charge < -0.3 is 9.84 Å². The Balaban J connectivity index is 3.20. The SMILES string of the molecule is C#Cc1ccc(OC(C)C(=O)O)c(C(C)(F)F)c1. The van der Waals surface area contributed by atoms with Crippen molar-refractivity contribution in [3.8, 4) is 18.1 Å². The quantitative estimate of drug-likeness (QED) is 0.840. The molecule has 96 valence electrons. The van der Waals surface area contributed by atoms with Crippen molar-refractivity contribution in [2.75, 3.05) is 0 Å². The van der Waals surface area contributed by atoms with Crippen LogP contribution in [0.5, 0.6) is 5.75 Å². The van der Waals surface area contributed by atoms with Crippen molar-refractivity contribution in [2.45, 2.75) is 25.9 Å². The lowest BCUT2D eigenvalue weighted by atomic mass is 10.1. The second kappa shape index (κ2) is 5.05. The zero-order valence-corrected chi connectivity index (χ0v) is 9.91. The molecule has 1 aromatic carbocycles. The fourth-order valence-corrected chi connectivity index (χ4v) is 1.31. The highest BCUT2D eigenvalue weighted by atomic mass is 19.3. The predicted molar refractivity (Wildman–Crippen MR) is 61.7 cm³/mol. The number of rotatable bonds is 4. The van der Waals surface area contributed by atoms with E-state index in [9.17, 15) is 13.6 Å². The van der Waals surface area contributed by atoms with Gasteiger partial charge in [-0.05, 0) is 25.1 Å². The van der Waals surface area contributed by atoms with Crippen molar-refractivity contribution in [2.24, 2.45) is 0 Å². The third-order valence-corrected chi connectivity index (χ3v) is 2.27. The van der Waals surface area contributed by atoms with Crippen molar-refractivity contribution in [3.05, 3.63) is 29.3 Å². The Labute approximate surface area is 103 Å². The first-order valence-electron chi connectivity index (χ1n) is 5.14. The molecule has 18 heavy (non-hydrogen) atoms. The molecular formula is C13H12F2O3. The zero-order valence-electron chi connectivity index (χ0n) is 9.91. The van der Waals surface area contributed by atoms with Crippen LogP contribution in [0.1, 0.15) is 25.0 Å². The van der Waals surface area contributed by atoms with E-state index in [1.54, 1.807) is 0 Å². The fraction of sp³-hybridized carbons (Fsp3) is 0.308. The third-order valence-electron chi connectivity index (χ3n) is 2.27. The molecule has 3 nitrogen and oxygen atoms in total. The van der Waals surface area contributed by atoms with Gasteiger partial charge in [-0.1, -0.05) is 5.92 Å². The molecule has 0 radical (unpaired) electrons. The molecule has 0 fully saturated rings. The molecule has 1 aromatic rings. The molecule has 0 amide bonds. The molecule has 0 saturated heterocycles. The normalized spacial score (nSPS) is 12.6. The van der Waals surface area contributed by atoms with Gasteiger partial charge in [0.1, 0.15) is 5.75 Å². The Hall–Kier alpha value is -2.09. The molecule has 0 aliphatic rings. The largest absolute Gasteiger partial charge is 0.479 e. The second-order valence-corrected chi connectivity index (χ2v) is 3.84. The molecule has 1 N–H and O–H groups in total. The smallest absolute Gasteiger partial charge is 0.344 e. The summed E-state index contributed by atoms with van der Waals surface area (Å²) in [5.41, 5.74) is -0.145. The van der Waals surface area contributed by atoms with Gasteiger partial charge in [0.05, 0.1) is 5.56 Å². The number of carboxylic acid groups (broad SMARTS) is 1. The molecule has 0 bridgehead atoms. The van der Waals surface area contributed by atoms with E-state index in [4.69, 9.17) is 16.3 Å². The Morgan fingerprint density at radius 2 is 2.17 bits per heavy atom. The average Bonchev–Trinajstić information content (AvgIpc) is 2.27. The summed E-state index contributed by atoms with van der Waals surface area (Å²) in [6.45, 7) is 1.95.